The molecule has 1 aromatic carbocycles. The highest BCUT2D eigenvalue weighted by molar-refractivity contribution is 5.99. The highest BCUT2D eigenvalue weighted by Gasteiger charge is 2.15. The van der Waals surface area contributed by atoms with Gasteiger partial charge in [0.15, 0.2) is 0 Å². The van der Waals surface area contributed by atoms with Crippen molar-refractivity contribution in [3.8, 4) is 12.1 Å². The molecule has 5 heteroatoms. The van der Waals surface area contributed by atoms with Crippen LogP contribution in [-0.2, 0) is 0 Å². The molecule has 0 heterocycles. The fraction of sp³-hybridized carbons (Fsp3) is 0.267. The molecule has 1 N–H and O–H groups in total. The first-order valence-corrected chi connectivity index (χ1v) is 6.33. The Morgan fingerprint density at radius 1 is 1.25 bits per heavy atom. The third-order valence-corrected chi connectivity index (χ3v) is 2.82. The Labute approximate surface area is 118 Å². The van der Waals surface area contributed by atoms with Crippen LogP contribution in [0.5, 0.6) is 0 Å². The van der Waals surface area contributed by atoms with Crippen molar-refractivity contribution in [1.82, 2.24) is 4.90 Å². The maximum Gasteiger partial charge on any atom is 0.255 e. The molecule has 0 spiro atoms. The molecule has 102 valence electrons. The van der Waals surface area contributed by atoms with Gasteiger partial charge in [0, 0.05) is 19.3 Å². The van der Waals surface area contributed by atoms with E-state index in [2.05, 4.69) is 5.32 Å². The van der Waals surface area contributed by atoms with Crippen LogP contribution >= 0.6 is 0 Å². The number of benzene rings is 1. The first kappa shape index (κ1) is 15.3. The summed E-state index contributed by atoms with van der Waals surface area (Å²) >= 11 is 0. The Kier molecular flexibility index (Phi) is 5.80. The largest absolute Gasteiger partial charge is 0.359 e. The van der Waals surface area contributed by atoms with Gasteiger partial charge in [-0.2, -0.15) is 10.5 Å². The summed E-state index contributed by atoms with van der Waals surface area (Å²) in [6, 6.07) is 10.5. The van der Waals surface area contributed by atoms with E-state index in [4.69, 9.17) is 10.5 Å². The third kappa shape index (κ3) is 3.60. The predicted octanol–water partition coefficient (Wildman–Crippen LogP) is 2.51. The van der Waals surface area contributed by atoms with Crippen molar-refractivity contribution < 1.29 is 4.79 Å². The van der Waals surface area contributed by atoms with Crippen LogP contribution in [0.2, 0.25) is 0 Å². The molecular formula is C15H16N4O. The van der Waals surface area contributed by atoms with Crippen LogP contribution in [-0.4, -0.2) is 23.9 Å². The predicted molar refractivity (Wildman–Crippen MR) is 76.6 cm³/mol. The Morgan fingerprint density at radius 3 is 2.40 bits per heavy atom. The Balaban J connectivity index is 3.07. The molecule has 20 heavy (non-hydrogen) atoms. The van der Waals surface area contributed by atoms with E-state index >= 15 is 0 Å². The second kappa shape index (κ2) is 7.60. The van der Waals surface area contributed by atoms with Gasteiger partial charge in [-0.1, -0.05) is 12.1 Å². The minimum atomic E-state index is -0.0815. The van der Waals surface area contributed by atoms with Gasteiger partial charge < -0.3 is 10.2 Å². The summed E-state index contributed by atoms with van der Waals surface area (Å²) < 4.78 is 0. The van der Waals surface area contributed by atoms with Crippen LogP contribution in [0, 0.1) is 22.7 Å². The topological polar surface area (TPSA) is 79.9 Å². The summed E-state index contributed by atoms with van der Waals surface area (Å²) in [7, 11) is 0. The van der Waals surface area contributed by atoms with E-state index < -0.39 is 0 Å². The number of carbonyl (C=O) groups excluding carboxylic acids is 1. The Morgan fingerprint density at radius 2 is 1.85 bits per heavy atom. The quantitative estimate of drug-likeness (QED) is 0.832. The number of amides is 1. The number of rotatable bonds is 5. The van der Waals surface area contributed by atoms with Gasteiger partial charge in [-0.15, -0.1) is 0 Å². The third-order valence-electron chi connectivity index (χ3n) is 2.82. The molecule has 0 atom stereocenters. The highest BCUT2D eigenvalue weighted by atomic mass is 16.2. The number of nitrogens with zero attached hydrogens (tertiary/aromatic N) is 3. The molecule has 0 saturated heterocycles. The average molecular weight is 268 g/mol. The van der Waals surface area contributed by atoms with Crippen LogP contribution < -0.4 is 5.32 Å². The molecule has 1 amide bonds. The van der Waals surface area contributed by atoms with Crippen LogP contribution in [0.3, 0.4) is 0 Å². The lowest BCUT2D eigenvalue weighted by molar-refractivity contribution is 0.0774. The minimum Gasteiger partial charge on any atom is -0.359 e. The van der Waals surface area contributed by atoms with E-state index in [9.17, 15) is 4.79 Å². The average Bonchev–Trinajstić information content (AvgIpc) is 2.49. The zero-order chi connectivity index (χ0) is 15.0. The molecule has 0 bridgehead atoms. The molecular weight excluding hydrogens is 252 g/mol. The fourth-order valence-corrected chi connectivity index (χ4v) is 1.72. The Bertz CT molecular complexity index is 573. The van der Waals surface area contributed by atoms with Gasteiger partial charge in [-0.05, 0) is 26.0 Å². The summed E-state index contributed by atoms with van der Waals surface area (Å²) in [6.07, 6.45) is 1.30. The number of para-hydroxylation sites is 1. The summed E-state index contributed by atoms with van der Waals surface area (Å²) in [5.74, 6) is -0.0815. The van der Waals surface area contributed by atoms with Gasteiger partial charge in [-0.3, -0.25) is 4.79 Å². The zero-order valence-electron chi connectivity index (χ0n) is 11.6. The molecule has 0 aliphatic heterocycles. The van der Waals surface area contributed by atoms with Gasteiger partial charge in [0.25, 0.3) is 5.91 Å². The summed E-state index contributed by atoms with van der Waals surface area (Å²) in [5.41, 5.74) is 1.05. The second-order valence-corrected chi connectivity index (χ2v) is 3.95. The van der Waals surface area contributed by atoms with E-state index in [0.717, 1.165) is 0 Å². The monoisotopic (exact) mass is 268 g/mol. The van der Waals surface area contributed by atoms with E-state index in [1.165, 1.54) is 6.20 Å². The number of carbonyl (C=O) groups is 1. The normalized spacial score (nSPS) is 9.00. The van der Waals surface area contributed by atoms with Crippen molar-refractivity contribution >= 4 is 11.6 Å². The first-order valence-electron chi connectivity index (χ1n) is 6.33. The van der Waals surface area contributed by atoms with E-state index in [1.807, 2.05) is 13.8 Å². The van der Waals surface area contributed by atoms with Crippen LogP contribution in [0.1, 0.15) is 24.2 Å². The molecule has 1 rings (SSSR count). The van der Waals surface area contributed by atoms with Gasteiger partial charge in [0.1, 0.15) is 17.7 Å². The van der Waals surface area contributed by atoms with Gasteiger partial charge in [0.2, 0.25) is 0 Å². The second-order valence-electron chi connectivity index (χ2n) is 3.95. The summed E-state index contributed by atoms with van der Waals surface area (Å²) in [4.78, 5) is 14.1. The molecule has 0 aliphatic rings. The van der Waals surface area contributed by atoms with Gasteiger partial charge in [0.05, 0.1) is 11.3 Å². The molecule has 0 radical (unpaired) electrons. The SMILES string of the molecule is CCN(CC)C(=O)c1ccccc1NC=C(C#N)C#N. The van der Waals surface area contributed by atoms with E-state index in [1.54, 1.807) is 41.3 Å². The van der Waals surface area contributed by atoms with Crippen molar-refractivity contribution in [2.75, 3.05) is 18.4 Å². The molecule has 1 aromatic rings. The lowest BCUT2D eigenvalue weighted by atomic mass is 10.1. The number of allylic oxidation sites excluding steroid dienone is 1. The van der Waals surface area contributed by atoms with Crippen LogP contribution in [0.4, 0.5) is 5.69 Å². The van der Waals surface area contributed by atoms with E-state index in [0.29, 0.717) is 24.3 Å². The molecule has 0 fully saturated rings. The maximum absolute atomic E-state index is 12.3. The van der Waals surface area contributed by atoms with Gasteiger partial charge >= 0.3 is 0 Å². The van der Waals surface area contributed by atoms with Crippen LogP contribution in [0.15, 0.2) is 36.0 Å². The minimum absolute atomic E-state index is 0.0462. The molecule has 5 nitrogen and oxygen atoms in total. The highest BCUT2D eigenvalue weighted by Crippen LogP contribution is 2.17. The fourth-order valence-electron chi connectivity index (χ4n) is 1.72. The first-order chi connectivity index (χ1) is 9.67. The van der Waals surface area contributed by atoms with Crippen molar-refractivity contribution in [2.45, 2.75) is 13.8 Å². The number of anilines is 1. The zero-order valence-corrected chi connectivity index (χ0v) is 11.6. The molecule has 0 saturated carbocycles. The number of hydrogen-bond acceptors (Lipinski definition) is 4. The van der Waals surface area contributed by atoms with Crippen molar-refractivity contribution in [2.24, 2.45) is 0 Å². The number of nitrogens with one attached hydrogen (secondary N) is 1. The van der Waals surface area contributed by atoms with E-state index in [-0.39, 0.29) is 11.5 Å². The summed E-state index contributed by atoms with van der Waals surface area (Å²) in [5, 5.41) is 20.2. The van der Waals surface area contributed by atoms with Crippen molar-refractivity contribution in [3.63, 3.8) is 0 Å². The smallest absolute Gasteiger partial charge is 0.255 e. The number of hydrogen-bond donors (Lipinski definition) is 1. The lowest BCUT2D eigenvalue weighted by Crippen LogP contribution is -2.30. The summed E-state index contributed by atoms with van der Waals surface area (Å²) in [6.45, 7) is 5.09. The van der Waals surface area contributed by atoms with Crippen LogP contribution in [0.25, 0.3) is 0 Å². The molecule has 0 aromatic heterocycles. The van der Waals surface area contributed by atoms with Gasteiger partial charge in [-0.25, -0.2) is 0 Å². The number of nitriles is 2. The molecule has 0 aliphatic carbocycles. The maximum atomic E-state index is 12.3. The standard InChI is InChI=1S/C15H16N4O/c1-3-19(4-2)15(20)13-7-5-6-8-14(13)18-11-12(9-16)10-17/h5-8,11,18H,3-4H2,1-2H3. The lowest BCUT2D eigenvalue weighted by Gasteiger charge is -2.20. The van der Waals surface area contributed by atoms with Crippen molar-refractivity contribution in [1.29, 1.82) is 10.5 Å². The Hall–Kier alpha value is -2.79. The molecule has 0 unspecified atom stereocenters. The van der Waals surface area contributed by atoms with Crippen molar-refractivity contribution in [3.05, 3.63) is 41.6 Å².